The van der Waals surface area contributed by atoms with Gasteiger partial charge in [0.05, 0.1) is 35.6 Å². The van der Waals surface area contributed by atoms with Gasteiger partial charge in [-0.3, -0.25) is 9.20 Å². The van der Waals surface area contributed by atoms with Crippen molar-refractivity contribution in [3.05, 3.63) is 52.8 Å². The molecule has 0 bridgehead atoms. The summed E-state index contributed by atoms with van der Waals surface area (Å²) in [5.74, 6) is 1.03. The Hall–Kier alpha value is -3.00. The summed E-state index contributed by atoms with van der Waals surface area (Å²) in [6.45, 7) is 1.31. The van der Waals surface area contributed by atoms with Crippen LogP contribution in [0.15, 0.2) is 41.6 Å². The van der Waals surface area contributed by atoms with Crippen LogP contribution in [-0.2, 0) is 11.3 Å². The number of ether oxygens (including phenoxy) is 1. The molecule has 2 fully saturated rings. The average Bonchev–Trinajstić information content (AvgIpc) is 3.32. The molecule has 4 heterocycles. The molecule has 4 aromatic rings. The molecular formula is C21H22N6O2. The number of hydrogen-bond donors (Lipinski definition) is 0. The lowest BCUT2D eigenvalue weighted by atomic mass is 10.1. The van der Waals surface area contributed by atoms with Crippen LogP contribution in [-0.4, -0.2) is 41.7 Å². The molecule has 0 spiro atoms. The zero-order chi connectivity index (χ0) is 19.4. The van der Waals surface area contributed by atoms with Crippen molar-refractivity contribution in [2.45, 2.75) is 50.7 Å². The Bertz CT molecular complexity index is 1260. The number of rotatable bonds is 4. The van der Waals surface area contributed by atoms with Gasteiger partial charge in [-0.15, -0.1) is 5.10 Å². The summed E-state index contributed by atoms with van der Waals surface area (Å²) in [7, 11) is 0. The van der Waals surface area contributed by atoms with Gasteiger partial charge in [0.2, 0.25) is 0 Å². The topological polar surface area (TPSA) is 79.2 Å². The third-order valence-electron chi connectivity index (χ3n) is 6.01. The van der Waals surface area contributed by atoms with Crippen molar-refractivity contribution < 1.29 is 4.74 Å². The highest BCUT2D eigenvalue weighted by Gasteiger charge is 2.28. The minimum Gasteiger partial charge on any atom is -0.376 e. The summed E-state index contributed by atoms with van der Waals surface area (Å²) >= 11 is 0. The first-order valence-corrected chi connectivity index (χ1v) is 10.3. The summed E-state index contributed by atoms with van der Waals surface area (Å²) in [6.07, 6.45) is 9.19. The molecule has 0 N–H and O–H groups in total. The number of benzene rings is 1. The lowest BCUT2D eigenvalue weighted by Gasteiger charge is -2.24. The maximum Gasteiger partial charge on any atom is 0.279 e. The minimum absolute atomic E-state index is 0.0616. The van der Waals surface area contributed by atoms with Gasteiger partial charge >= 0.3 is 0 Å². The van der Waals surface area contributed by atoms with E-state index in [0.29, 0.717) is 23.8 Å². The number of imidazole rings is 1. The standard InChI is InChI=1S/C21H22N6O2/c28-21-19-20(27-12-16(23-24-27)14-8-9-14)22-13-26(19)18-7-2-1-6-17(18)25(21)11-15-5-3-4-10-29-15/h1-2,6-7,12-15H,3-5,8-11H2. The fraction of sp³-hybridized carbons (Fsp3) is 0.429. The molecule has 2 aliphatic rings. The Balaban J connectivity index is 1.55. The monoisotopic (exact) mass is 390 g/mol. The van der Waals surface area contributed by atoms with E-state index in [0.717, 1.165) is 55.4 Å². The molecule has 1 aromatic carbocycles. The summed E-state index contributed by atoms with van der Waals surface area (Å²) in [4.78, 5) is 18.1. The lowest BCUT2D eigenvalue weighted by molar-refractivity contribution is 0.00619. The molecule has 0 radical (unpaired) electrons. The maximum atomic E-state index is 13.6. The molecule has 148 valence electrons. The highest BCUT2D eigenvalue weighted by atomic mass is 16.5. The third-order valence-corrected chi connectivity index (χ3v) is 6.01. The van der Waals surface area contributed by atoms with Gasteiger partial charge in [0.25, 0.3) is 5.56 Å². The van der Waals surface area contributed by atoms with Gasteiger partial charge in [-0.2, -0.15) is 4.68 Å². The Kier molecular flexibility index (Phi) is 3.80. The van der Waals surface area contributed by atoms with Crippen LogP contribution in [0.2, 0.25) is 0 Å². The summed E-state index contributed by atoms with van der Waals surface area (Å²) < 4.78 is 11.3. The first-order valence-electron chi connectivity index (χ1n) is 10.3. The Morgan fingerprint density at radius 3 is 2.76 bits per heavy atom. The quantitative estimate of drug-likeness (QED) is 0.535. The Morgan fingerprint density at radius 1 is 1.10 bits per heavy atom. The molecular weight excluding hydrogens is 368 g/mol. The number of nitrogens with zero attached hydrogens (tertiary/aromatic N) is 6. The SMILES string of the molecule is O=c1c2c(-n3cc(C4CC4)nn3)ncn2c2ccccc2n1CC1CCCCO1. The molecule has 8 heteroatoms. The van der Waals surface area contributed by atoms with Crippen LogP contribution in [0.25, 0.3) is 22.4 Å². The van der Waals surface area contributed by atoms with Gasteiger partial charge in [0, 0.05) is 12.5 Å². The van der Waals surface area contributed by atoms with E-state index in [1.165, 1.54) is 0 Å². The molecule has 29 heavy (non-hydrogen) atoms. The van der Waals surface area contributed by atoms with E-state index in [9.17, 15) is 4.79 Å². The van der Waals surface area contributed by atoms with Gasteiger partial charge in [-0.1, -0.05) is 17.3 Å². The Labute approximate surface area is 166 Å². The number of para-hydroxylation sites is 2. The van der Waals surface area contributed by atoms with E-state index in [2.05, 4.69) is 15.3 Å². The van der Waals surface area contributed by atoms with E-state index in [-0.39, 0.29) is 11.7 Å². The van der Waals surface area contributed by atoms with Crippen molar-refractivity contribution >= 4 is 16.6 Å². The van der Waals surface area contributed by atoms with Crippen LogP contribution >= 0.6 is 0 Å². The van der Waals surface area contributed by atoms with Gasteiger partial charge in [-0.05, 0) is 44.2 Å². The smallest absolute Gasteiger partial charge is 0.279 e. The molecule has 1 atom stereocenters. The first-order chi connectivity index (χ1) is 14.3. The molecule has 0 amide bonds. The fourth-order valence-corrected chi connectivity index (χ4v) is 4.30. The maximum absolute atomic E-state index is 13.6. The van der Waals surface area contributed by atoms with Gasteiger partial charge in [0.15, 0.2) is 11.3 Å². The van der Waals surface area contributed by atoms with Crippen LogP contribution < -0.4 is 5.56 Å². The second-order valence-corrected chi connectivity index (χ2v) is 8.04. The van der Waals surface area contributed by atoms with Gasteiger partial charge in [-0.25, -0.2) is 4.98 Å². The third kappa shape index (κ3) is 2.78. The average molecular weight is 390 g/mol. The number of hydrogen-bond acceptors (Lipinski definition) is 5. The van der Waals surface area contributed by atoms with Crippen LogP contribution in [0, 0.1) is 0 Å². The van der Waals surface area contributed by atoms with Crippen molar-refractivity contribution in [3.63, 3.8) is 0 Å². The van der Waals surface area contributed by atoms with Gasteiger partial charge < -0.3 is 9.30 Å². The lowest BCUT2D eigenvalue weighted by Crippen LogP contribution is -2.32. The first kappa shape index (κ1) is 16.9. The zero-order valence-corrected chi connectivity index (χ0v) is 16.1. The highest BCUT2D eigenvalue weighted by molar-refractivity contribution is 5.80. The molecule has 3 aromatic heterocycles. The van der Waals surface area contributed by atoms with Crippen LogP contribution in [0.4, 0.5) is 0 Å². The van der Waals surface area contributed by atoms with Crippen LogP contribution in [0.3, 0.4) is 0 Å². The molecule has 1 saturated heterocycles. The summed E-state index contributed by atoms with van der Waals surface area (Å²) in [5.41, 5.74) is 3.25. The fourth-order valence-electron chi connectivity index (χ4n) is 4.30. The van der Waals surface area contributed by atoms with Crippen LogP contribution in [0.5, 0.6) is 0 Å². The normalized spacial score (nSPS) is 19.9. The second kappa shape index (κ2) is 6.52. The number of aromatic nitrogens is 6. The molecule has 1 unspecified atom stereocenters. The predicted molar refractivity (Wildman–Crippen MR) is 107 cm³/mol. The molecule has 6 rings (SSSR count). The highest BCUT2D eigenvalue weighted by Crippen LogP contribution is 2.38. The molecule has 1 saturated carbocycles. The van der Waals surface area contributed by atoms with Crippen molar-refractivity contribution in [1.29, 1.82) is 0 Å². The number of fused-ring (bicyclic) bond motifs is 3. The second-order valence-electron chi connectivity index (χ2n) is 8.04. The van der Waals surface area contributed by atoms with Crippen molar-refractivity contribution in [3.8, 4) is 5.82 Å². The van der Waals surface area contributed by atoms with Crippen molar-refractivity contribution in [2.24, 2.45) is 0 Å². The predicted octanol–water partition coefficient (Wildman–Crippen LogP) is 2.68. The summed E-state index contributed by atoms with van der Waals surface area (Å²) in [6, 6.07) is 7.94. The van der Waals surface area contributed by atoms with Gasteiger partial charge in [0.1, 0.15) is 6.33 Å². The molecule has 1 aliphatic carbocycles. The van der Waals surface area contributed by atoms with Crippen LogP contribution in [0.1, 0.15) is 43.7 Å². The largest absolute Gasteiger partial charge is 0.376 e. The van der Waals surface area contributed by atoms with E-state index >= 15 is 0 Å². The molecule has 8 nitrogen and oxygen atoms in total. The molecule has 1 aliphatic heterocycles. The van der Waals surface area contributed by atoms with E-state index in [1.807, 2.05) is 39.4 Å². The van der Waals surface area contributed by atoms with E-state index in [4.69, 9.17) is 4.74 Å². The van der Waals surface area contributed by atoms with Crippen molar-refractivity contribution in [2.75, 3.05) is 6.61 Å². The van der Waals surface area contributed by atoms with E-state index < -0.39 is 0 Å². The zero-order valence-electron chi connectivity index (χ0n) is 16.1. The summed E-state index contributed by atoms with van der Waals surface area (Å²) in [5, 5.41) is 8.54. The minimum atomic E-state index is -0.0751. The van der Waals surface area contributed by atoms with E-state index in [1.54, 1.807) is 11.0 Å². The van der Waals surface area contributed by atoms with Crippen molar-refractivity contribution in [1.82, 2.24) is 28.9 Å². The Morgan fingerprint density at radius 2 is 1.97 bits per heavy atom.